The molecule has 3 atom stereocenters. The molecule has 0 aromatic carbocycles. The molecule has 292 valence electrons. The summed E-state index contributed by atoms with van der Waals surface area (Å²) in [7, 11) is 0. The minimum atomic E-state index is -0.240. The molecule has 1 rings (SSSR count). The summed E-state index contributed by atoms with van der Waals surface area (Å²) in [5.74, 6) is 0.419. The molecule has 1 fully saturated rings. The van der Waals surface area contributed by atoms with Gasteiger partial charge in [-0.1, -0.05) is 168 Å². The zero-order valence-electron chi connectivity index (χ0n) is 33.6. The van der Waals surface area contributed by atoms with Crippen LogP contribution in [0.15, 0.2) is 17.1 Å². The number of unbranched alkanes of at least 4 members (excludes halogenated alkanes) is 24. The minimum absolute atomic E-state index is 0.0131. The van der Waals surface area contributed by atoms with Crippen LogP contribution in [0.3, 0.4) is 0 Å². The molecule has 0 aromatic heterocycles. The summed E-state index contributed by atoms with van der Waals surface area (Å²) in [5.41, 5.74) is 10.8. The third kappa shape index (κ3) is 24.4. The number of Topliss-reactive ketones (excluding diaryl/α,β-unsaturated/α-hetero) is 1. The topological polar surface area (TPSA) is 111 Å². The number of carbonyl (C=O) groups excluding carboxylic acids is 2. The molecule has 6 heteroatoms. The number of hydrogen-bond donors (Lipinski definition) is 3. The van der Waals surface area contributed by atoms with Crippen molar-refractivity contribution in [2.45, 2.75) is 220 Å². The van der Waals surface area contributed by atoms with Crippen LogP contribution < -0.4 is 16.8 Å². The number of carbonyl (C=O) groups is 2. The maximum Gasteiger partial charge on any atom is 0.223 e. The average molecular weight is 701 g/mol. The molecule has 0 radical (unpaired) electrons. The second-order valence-electron chi connectivity index (χ2n) is 16.0. The van der Waals surface area contributed by atoms with Gasteiger partial charge in [0.15, 0.2) is 5.96 Å². The van der Waals surface area contributed by atoms with E-state index in [0.717, 1.165) is 45.1 Å². The lowest BCUT2D eigenvalue weighted by molar-refractivity contribution is -0.128. The first kappa shape index (κ1) is 46.2. The summed E-state index contributed by atoms with van der Waals surface area (Å²) < 4.78 is 0. The van der Waals surface area contributed by atoms with Gasteiger partial charge >= 0.3 is 0 Å². The SMILES string of the molecule is CCCCCCCC/C=C\CCCCCCCC(=O)C1CC1(C)[C@@H](CCCN=C(N)N)C(=O)NCCCCCCCCCCCCCCCC. The summed E-state index contributed by atoms with van der Waals surface area (Å²) in [6.07, 6.45) is 42.7. The fraction of sp³-hybridized carbons (Fsp3) is 0.886. The number of nitrogens with zero attached hydrogens (tertiary/aromatic N) is 1. The van der Waals surface area contributed by atoms with Gasteiger partial charge in [-0.15, -0.1) is 0 Å². The Kier molecular flexibility index (Phi) is 29.4. The molecule has 0 aromatic rings. The van der Waals surface area contributed by atoms with Crippen LogP contribution in [0.4, 0.5) is 0 Å². The zero-order valence-corrected chi connectivity index (χ0v) is 33.6. The highest BCUT2D eigenvalue weighted by atomic mass is 16.2. The molecule has 50 heavy (non-hydrogen) atoms. The average Bonchev–Trinajstić information content (AvgIpc) is 3.79. The summed E-state index contributed by atoms with van der Waals surface area (Å²) in [6.45, 7) is 7.96. The fourth-order valence-electron chi connectivity index (χ4n) is 7.71. The van der Waals surface area contributed by atoms with Gasteiger partial charge in [0.2, 0.25) is 5.91 Å². The van der Waals surface area contributed by atoms with Crippen molar-refractivity contribution in [3.8, 4) is 0 Å². The Balaban J connectivity index is 2.24. The van der Waals surface area contributed by atoms with Crippen molar-refractivity contribution in [1.82, 2.24) is 5.32 Å². The van der Waals surface area contributed by atoms with E-state index >= 15 is 0 Å². The Morgan fingerprint density at radius 3 is 1.58 bits per heavy atom. The molecule has 0 saturated heterocycles. The standard InChI is InChI=1S/C44H84N4O2/c1-4-6-8-10-12-14-16-18-20-21-23-25-27-29-31-35-41(49)40-38-44(40,3)39(34-33-37-48-43(45)46)42(50)47-36-32-30-28-26-24-22-19-17-15-13-11-9-7-5-2/h18,20,39-40H,4-17,19,21-38H2,1-3H3,(H,47,50)(H4,45,46,48)/b20-18-/t39-,40?,44?/m0/s1. The zero-order chi connectivity index (χ0) is 36.5. The van der Waals surface area contributed by atoms with Gasteiger partial charge in [0.05, 0.1) is 0 Å². The van der Waals surface area contributed by atoms with Gasteiger partial charge < -0.3 is 16.8 Å². The van der Waals surface area contributed by atoms with E-state index in [0.29, 0.717) is 18.7 Å². The summed E-state index contributed by atoms with van der Waals surface area (Å²) in [6, 6.07) is 0. The van der Waals surface area contributed by atoms with E-state index in [1.165, 1.54) is 154 Å². The van der Waals surface area contributed by atoms with Crippen LogP contribution in [-0.2, 0) is 9.59 Å². The molecule has 0 bridgehead atoms. The number of guanidine groups is 1. The number of aliphatic imine (C=N–C) groups is 1. The second-order valence-corrected chi connectivity index (χ2v) is 16.0. The molecule has 5 N–H and O–H groups in total. The number of allylic oxidation sites excluding steroid dienone is 2. The van der Waals surface area contributed by atoms with E-state index in [1.807, 2.05) is 0 Å². The molecular formula is C44H84N4O2. The van der Waals surface area contributed by atoms with Gasteiger partial charge in [0, 0.05) is 31.3 Å². The fourth-order valence-corrected chi connectivity index (χ4v) is 7.71. The van der Waals surface area contributed by atoms with Crippen LogP contribution >= 0.6 is 0 Å². The Morgan fingerprint density at radius 1 is 0.660 bits per heavy atom. The molecular weight excluding hydrogens is 617 g/mol. The Morgan fingerprint density at radius 2 is 1.10 bits per heavy atom. The van der Waals surface area contributed by atoms with Crippen molar-refractivity contribution in [1.29, 1.82) is 0 Å². The van der Waals surface area contributed by atoms with Crippen molar-refractivity contribution < 1.29 is 9.59 Å². The minimum Gasteiger partial charge on any atom is -0.370 e. The van der Waals surface area contributed by atoms with Crippen LogP contribution in [0.1, 0.15) is 220 Å². The van der Waals surface area contributed by atoms with Gasteiger partial charge in [-0.3, -0.25) is 14.6 Å². The van der Waals surface area contributed by atoms with Crippen molar-refractivity contribution in [3.63, 3.8) is 0 Å². The van der Waals surface area contributed by atoms with E-state index in [2.05, 4.69) is 43.2 Å². The van der Waals surface area contributed by atoms with Crippen molar-refractivity contribution in [2.75, 3.05) is 13.1 Å². The first-order valence-electron chi connectivity index (χ1n) is 21.9. The number of nitrogens with two attached hydrogens (primary N) is 2. The molecule has 0 heterocycles. The lowest BCUT2D eigenvalue weighted by atomic mass is 9.82. The van der Waals surface area contributed by atoms with Crippen LogP contribution in [-0.4, -0.2) is 30.7 Å². The van der Waals surface area contributed by atoms with Crippen LogP contribution in [0.5, 0.6) is 0 Å². The number of nitrogens with one attached hydrogen (secondary N) is 1. The Bertz CT molecular complexity index is 883. The molecule has 6 nitrogen and oxygen atoms in total. The highest BCUT2D eigenvalue weighted by Gasteiger charge is 2.59. The maximum atomic E-state index is 13.5. The second kappa shape index (κ2) is 31.9. The van der Waals surface area contributed by atoms with Gasteiger partial charge in [0.1, 0.15) is 5.78 Å². The number of amides is 1. The highest BCUT2D eigenvalue weighted by Crippen LogP contribution is 2.59. The molecule has 2 unspecified atom stereocenters. The largest absolute Gasteiger partial charge is 0.370 e. The summed E-state index contributed by atoms with van der Waals surface area (Å²) in [5, 5.41) is 3.24. The van der Waals surface area contributed by atoms with Crippen molar-refractivity contribution >= 4 is 17.6 Å². The van der Waals surface area contributed by atoms with Gasteiger partial charge in [-0.05, 0) is 63.2 Å². The third-order valence-electron chi connectivity index (χ3n) is 11.2. The molecule has 1 amide bonds. The normalized spacial score (nSPS) is 17.6. The lowest BCUT2D eigenvalue weighted by Gasteiger charge is -2.24. The smallest absolute Gasteiger partial charge is 0.223 e. The number of ketones is 1. The van der Waals surface area contributed by atoms with Crippen molar-refractivity contribution in [2.24, 2.45) is 33.7 Å². The first-order valence-corrected chi connectivity index (χ1v) is 21.9. The molecule has 1 aliphatic carbocycles. The van der Waals surface area contributed by atoms with Gasteiger partial charge in [0.25, 0.3) is 0 Å². The van der Waals surface area contributed by atoms with Crippen LogP contribution in [0, 0.1) is 17.3 Å². The maximum absolute atomic E-state index is 13.5. The highest BCUT2D eigenvalue weighted by molar-refractivity contribution is 5.88. The number of hydrogen-bond acceptors (Lipinski definition) is 3. The first-order chi connectivity index (χ1) is 24.4. The van der Waals surface area contributed by atoms with E-state index in [4.69, 9.17) is 11.5 Å². The lowest BCUT2D eigenvalue weighted by Crippen LogP contribution is -2.37. The predicted octanol–water partition coefficient (Wildman–Crippen LogP) is 11.9. The molecule has 0 spiro atoms. The molecule has 1 saturated carbocycles. The monoisotopic (exact) mass is 701 g/mol. The van der Waals surface area contributed by atoms with Crippen LogP contribution in [0.25, 0.3) is 0 Å². The van der Waals surface area contributed by atoms with E-state index < -0.39 is 0 Å². The van der Waals surface area contributed by atoms with E-state index in [1.54, 1.807) is 0 Å². The van der Waals surface area contributed by atoms with Crippen LogP contribution in [0.2, 0.25) is 0 Å². The van der Waals surface area contributed by atoms with Crippen molar-refractivity contribution in [3.05, 3.63) is 12.2 Å². The molecule has 1 aliphatic rings. The van der Waals surface area contributed by atoms with E-state index in [9.17, 15) is 9.59 Å². The number of rotatable bonds is 37. The summed E-state index contributed by atoms with van der Waals surface area (Å²) in [4.78, 5) is 30.8. The quantitative estimate of drug-likeness (QED) is 0.0259. The Hall–Kier alpha value is -1.85. The van der Waals surface area contributed by atoms with Gasteiger partial charge in [-0.25, -0.2) is 0 Å². The van der Waals surface area contributed by atoms with E-state index in [-0.39, 0.29) is 29.1 Å². The third-order valence-corrected chi connectivity index (χ3v) is 11.2. The predicted molar refractivity (Wildman–Crippen MR) is 217 cm³/mol. The summed E-state index contributed by atoms with van der Waals surface area (Å²) >= 11 is 0. The Labute approximate surface area is 310 Å². The van der Waals surface area contributed by atoms with Gasteiger partial charge in [-0.2, -0.15) is 0 Å². The molecule has 0 aliphatic heterocycles.